The Morgan fingerprint density at radius 2 is 1.89 bits per heavy atom. The van der Waals surface area contributed by atoms with Crippen LogP contribution in [0.5, 0.6) is 5.75 Å². The first-order valence-corrected chi connectivity index (χ1v) is 8.32. The number of rotatable bonds is 9. The smallest absolute Gasteiger partial charge is 0.404 e. The van der Waals surface area contributed by atoms with Gasteiger partial charge in [0.2, 0.25) is 0 Å². The molecule has 1 N–H and O–H groups in total. The molecule has 1 aromatic rings. The zero-order chi connectivity index (χ0) is 14.1. The lowest BCUT2D eigenvalue weighted by atomic mass is 10.1. The summed E-state index contributed by atoms with van der Waals surface area (Å²) in [5, 5.41) is 0. The first-order valence-electron chi connectivity index (χ1n) is 6.83. The number of hydrogen-bond donors (Lipinski definition) is 1. The topological polar surface area (TPSA) is 55.8 Å². The molecule has 0 aliphatic heterocycles. The molecule has 4 nitrogen and oxygen atoms in total. The van der Waals surface area contributed by atoms with E-state index in [1.807, 2.05) is 13.0 Å². The lowest BCUT2D eigenvalue weighted by Crippen LogP contribution is -2.12. The number of para-hydroxylation sites is 1. The average Bonchev–Trinajstić information content (AvgIpc) is 2.38. The second-order valence-corrected chi connectivity index (χ2v) is 5.83. The highest BCUT2D eigenvalue weighted by molar-refractivity contribution is 7.47. The molecule has 0 saturated heterocycles. The van der Waals surface area contributed by atoms with Gasteiger partial charge in [0.05, 0.1) is 6.10 Å². The van der Waals surface area contributed by atoms with Crippen LogP contribution in [0.4, 0.5) is 0 Å². The lowest BCUT2D eigenvalue weighted by Gasteiger charge is -2.19. The molecule has 0 aromatic heterocycles. The number of phosphoric ester groups is 1. The van der Waals surface area contributed by atoms with E-state index in [0.29, 0.717) is 12.2 Å². The van der Waals surface area contributed by atoms with E-state index >= 15 is 0 Å². The van der Waals surface area contributed by atoms with Crippen molar-refractivity contribution in [1.82, 2.24) is 0 Å². The largest absolute Gasteiger partial charge is 0.527 e. The van der Waals surface area contributed by atoms with E-state index < -0.39 is 7.82 Å². The predicted octanol–water partition coefficient (Wildman–Crippen LogP) is 4.54. The van der Waals surface area contributed by atoms with Crippen LogP contribution in [0, 0.1) is 0 Å². The van der Waals surface area contributed by atoms with E-state index in [1.54, 1.807) is 24.3 Å². The van der Waals surface area contributed by atoms with Crippen LogP contribution in [0.15, 0.2) is 30.3 Å². The van der Waals surface area contributed by atoms with Crippen LogP contribution in [0.1, 0.15) is 46.0 Å². The Morgan fingerprint density at radius 3 is 2.47 bits per heavy atom. The number of unbranched alkanes of at least 4 members (excludes halogenated alkanes) is 2. The summed E-state index contributed by atoms with van der Waals surface area (Å²) < 4.78 is 22.2. The minimum atomic E-state index is -4.04. The molecular formula is C14H23O4P. The van der Waals surface area contributed by atoms with Crippen molar-refractivity contribution in [3.8, 4) is 5.75 Å². The summed E-state index contributed by atoms with van der Waals surface area (Å²) in [6.07, 6.45) is 4.48. The van der Waals surface area contributed by atoms with Crippen molar-refractivity contribution in [3.63, 3.8) is 0 Å². The molecule has 0 aliphatic rings. The maximum absolute atomic E-state index is 11.9. The summed E-state index contributed by atoms with van der Waals surface area (Å²) in [6, 6.07) is 8.56. The summed E-state index contributed by atoms with van der Waals surface area (Å²) >= 11 is 0. The summed E-state index contributed by atoms with van der Waals surface area (Å²) in [4.78, 5) is 9.74. The Morgan fingerprint density at radius 1 is 1.21 bits per heavy atom. The molecule has 1 rings (SSSR count). The first kappa shape index (κ1) is 16.2. The molecule has 0 fully saturated rings. The van der Waals surface area contributed by atoms with Gasteiger partial charge in [-0.15, -0.1) is 0 Å². The van der Waals surface area contributed by atoms with Crippen LogP contribution < -0.4 is 4.52 Å². The van der Waals surface area contributed by atoms with Gasteiger partial charge in [-0.3, -0.25) is 9.42 Å². The summed E-state index contributed by atoms with van der Waals surface area (Å²) in [7, 11) is -4.04. The summed E-state index contributed by atoms with van der Waals surface area (Å²) in [5.74, 6) is 0.344. The molecule has 0 heterocycles. The third-order valence-electron chi connectivity index (χ3n) is 2.83. The van der Waals surface area contributed by atoms with E-state index in [-0.39, 0.29) is 6.10 Å². The second kappa shape index (κ2) is 8.36. The van der Waals surface area contributed by atoms with Crippen molar-refractivity contribution in [3.05, 3.63) is 30.3 Å². The fourth-order valence-corrected chi connectivity index (χ4v) is 2.84. The monoisotopic (exact) mass is 286 g/mol. The number of phosphoric acid groups is 1. The number of hydrogen-bond acceptors (Lipinski definition) is 3. The number of benzene rings is 1. The van der Waals surface area contributed by atoms with Crippen LogP contribution in [0.2, 0.25) is 0 Å². The zero-order valence-electron chi connectivity index (χ0n) is 11.6. The first-order chi connectivity index (χ1) is 9.07. The van der Waals surface area contributed by atoms with Crippen molar-refractivity contribution in [1.29, 1.82) is 0 Å². The van der Waals surface area contributed by atoms with E-state index in [2.05, 4.69) is 6.92 Å². The van der Waals surface area contributed by atoms with Crippen molar-refractivity contribution < 1.29 is 18.5 Å². The molecule has 2 atom stereocenters. The molecule has 19 heavy (non-hydrogen) atoms. The highest BCUT2D eigenvalue weighted by Crippen LogP contribution is 2.46. The fraction of sp³-hybridized carbons (Fsp3) is 0.571. The molecule has 0 radical (unpaired) electrons. The normalized spacial score (nSPS) is 15.7. The third kappa shape index (κ3) is 6.76. The van der Waals surface area contributed by atoms with Gasteiger partial charge in [-0.25, -0.2) is 4.57 Å². The van der Waals surface area contributed by atoms with Gasteiger partial charge in [-0.1, -0.05) is 51.3 Å². The Balaban J connectivity index is 2.49. The van der Waals surface area contributed by atoms with Crippen LogP contribution >= 0.6 is 7.82 Å². The van der Waals surface area contributed by atoms with Crippen LogP contribution in [0.3, 0.4) is 0 Å². The van der Waals surface area contributed by atoms with E-state index in [1.165, 1.54) is 0 Å². The van der Waals surface area contributed by atoms with Gasteiger partial charge in [0.15, 0.2) is 0 Å². The Hall–Kier alpha value is -0.830. The molecule has 5 heteroatoms. The van der Waals surface area contributed by atoms with Crippen molar-refractivity contribution in [2.24, 2.45) is 0 Å². The maximum Gasteiger partial charge on any atom is 0.527 e. The van der Waals surface area contributed by atoms with E-state index in [4.69, 9.17) is 9.05 Å². The molecule has 108 valence electrons. The standard InChI is InChI=1S/C14H23O4P/c1-3-5-7-10-13(4-2)17-19(15,16)18-14-11-8-6-9-12-14/h6,8-9,11-13H,3-5,7,10H2,1-2H3,(H,15,16). The minimum Gasteiger partial charge on any atom is -0.404 e. The maximum atomic E-state index is 11.9. The van der Waals surface area contributed by atoms with Crippen LogP contribution in [-0.2, 0) is 9.09 Å². The fourth-order valence-electron chi connectivity index (χ4n) is 1.78. The van der Waals surface area contributed by atoms with Crippen LogP contribution in [0.25, 0.3) is 0 Å². The molecule has 1 aromatic carbocycles. The van der Waals surface area contributed by atoms with Gasteiger partial charge in [0.1, 0.15) is 5.75 Å². The lowest BCUT2D eigenvalue weighted by molar-refractivity contribution is 0.126. The van der Waals surface area contributed by atoms with Gasteiger partial charge in [0.25, 0.3) is 0 Å². The third-order valence-corrected chi connectivity index (χ3v) is 3.84. The molecular weight excluding hydrogens is 263 g/mol. The van der Waals surface area contributed by atoms with Gasteiger partial charge >= 0.3 is 7.82 Å². The van der Waals surface area contributed by atoms with Gasteiger partial charge < -0.3 is 4.52 Å². The highest BCUT2D eigenvalue weighted by atomic mass is 31.2. The van der Waals surface area contributed by atoms with Crippen molar-refractivity contribution >= 4 is 7.82 Å². The highest BCUT2D eigenvalue weighted by Gasteiger charge is 2.27. The average molecular weight is 286 g/mol. The molecule has 0 bridgehead atoms. The Bertz CT molecular complexity index is 394. The quantitative estimate of drug-likeness (QED) is 0.535. The predicted molar refractivity (Wildman–Crippen MR) is 76.2 cm³/mol. The van der Waals surface area contributed by atoms with Gasteiger partial charge in [0, 0.05) is 0 Å². The molecule has 2 unspecified atom stereocenters. The summed E-state index contributed by atoms with van der Waals surface area (Å²) in [6.45, 7) is 4.07. The molecule has 0 aliphatic carbocycles. The minimum absolute atomic E-state index is 0.230. The second-order valence-electron chi connectivity index (χ2n) is 4.50. The molecule has 0 saturated carbocycles. The molecule has 0 spiro atoms. The SMILES string of the molecule is CCCCCC(CC)OP(=O)(O)Oc1ccccc1. The van der Waals surface area contributed by atoms with Crippen molar-refractivity contribution in [2.75, 3.05) is 0 Å². The van der Waals surface area contributed by atoms with Gasteiger partial charge in [-0.2, -0.15) is 0 Å². The van der Waals surface area contributed by atoms with Gasteiger partial charge in [-0.05, 0) is 25.0 Å². The zero-order valence-corrected chi connectivity index (χ0v) is 12.5. The van der Waals surface area contributed by atoms with E-state index in [9.17, 15) is 9.46 Å². The Kier molecular flexibility index (Phi) is 7.14. The Labute approximate surface area is 115 Å². The molecule has 0 amide bonds. The van der Waals surface area contributed by atoms with E-state index in [0.717, 1.165) is 25.7 Å². The van der Waals surface area contributed by atoms with Crippen molar-refractivity contribution in [2.45, 2.75) is 52.1 Å². The van der Waals surface area contributed by atoms with Crippen LogP contribution in [-0.4, -0.2) is 11.0 Å². The summed E-state index contributed by atoms with van der Waals surface area (Å²) in [5.41, 5.74) is 0.